The molecule has 0 amide bonds. The second-order valence-electron chi connectivity index (χ2n) is 1.44. The van der Waals surface area contributed by atoms with Crippen LogP contribution in [0.25, 0.3) is 0 Å². The van der Waals surface area contributed by atoms with E-state index in [9.17, 15) is 9.59 Å². The molecule has 0 bridgehead atoms. The normalized spacial score (nSPS) is 9.30. The molecule has 1 rings (SSSR count). The van der Waals surface area contributed by atoms with Crippen LogP contribution in [0.1, 0.15) is 10.6 Å². The first-order valence-electron chi connectivity index (χ1n) is 2.41. The monoisotopic (exact) mass is 144 g/mol. The zero-order valence-corrected chi connectivity index (χ0v) is 5.12. The van der Waals surface area contributed by atoms with Gasteiger partial charge in [-0.2, -0.15) is 0 Å². The van der Waals surface area contributed by atoms with Crippen molar-refractivity contribution in [1.82, 2.24) is 0 Å². The van der Waals surface area contributed by atoms with Crippen molar-refractivity contribution in [2.75, 3.05) is 7.11 Å². The van der Waals surface area contributed by atoms with Gasteiger partial charge in [-0.25, -0.2) is 9.59 Å². The van der Waals surface area contributed by atoms with Crippen LogP contribution >= 0.6 is 0 Å². The summed E-state index contributed by atoms with van der Waals surface area (Å²) in [5, 5.41) is 0. The molecule has 0 radical (unpaired) electrons. The summed E-state index contributed by atoms with van der Waals surface area (Å²) in [5.74, 6) is -1.88. The summed E-state index contributed by atoms with van der Waals surface area (Å²) in [5.41, 5.74) is 0. The van der Waals surface area contributed by atoms with E-state index in [0.717, 1.165) is 6.26 Å². The molecule has 1 heterocycles. The van der Waals surface area contributed by atoms with Gasteiger partial charge in [0.15, 0.2) is 0 Å². The third kappa shape index (κ3) is 1.07. The number of rotatable bonds is 1. The highest BCUT2D eigenvalue weighted by Crippen LogP contribution is 1.95. The lowest BCUT2D eigenvalue weighted by Crippen LogP contribution is -1.99. The maximum Gasteiger partial charge on any atom is 0.519 e. The molecule has 0 N–H and O–H groups in total. The molecule has 0 saturated heterocycles. The fourth-order valence-electron chi connectivity index (χ4n) is 0.430. The Bertz CT molecular complexity index is 280. The summed E-state index contributed by atoms with van der Waals surface area (Å²) in [6, 6.07) is 0. The molecule has 0 aliphatic rings. The molecular weight excluding hydrogens is 140 g/mol. The molecule has 0 aromatic carbocycles. The quantitative estimate of drug-likeness (QED) is 0.519. The minimum atomic E-state index is -0.916. The van der Waals surface area contributed by atoms with Gasteiger partial charge in [-0.05, 0) is 0 Å². The van der Waals surface area contributed by atoms with Crippen molar-refractivity contribution < 1.29 is 18.4 Å². The Hall–Kier alpha value is -1.52. The van der Waals surface area contributed by atoms with Gasteiger partial charge >= 0.3 is 11.8 Å². The first-order chi connectivity index (χ1) is 4.74. The summed E-state index contributed by atoms with van der Waals surface area (Å²) in [6.45, 7) is 0. The second-order valence-corrected chi connectivity index (χ2v) is 1.44. The second kappa shape index (κ2) is 2.38. The van der Waals surface area contributed by atoms with Crippen LogP contribution in [0, 0.1) is 0 Å². The molecule has 0 aliphatic carbocycles. The standard InChI is InChI=1S/C5H4O5/c1-8-4(6)3-2-9-5(7)10-3/h2H,1H3. The number of methoxy groups -OCH3 is 1. The highest BCUT2D eigenvalue weighted by Gasteiger charge is 2.10. The van der Waals surface area contributed by atoms with Gasteiger partial charge < -0.3 is 13.6 Å². The Morgan fingerprint density at radius 3 is 2.80 bits per heavy atom. The summed E-state index contributed by atoms with van der Waals surface area (Å²) in [7, 11) is 1.18. The predicted molar refractivity (Wildman–Crippen MR) is 28.6 cm³/mol. The van der Waals surface area contributed by atoms with Gasteiger partial charge in [-0.3, -0.25) is 0 Å². The lowest BCUT2D eigenvalue weighted by atomic mass is 10.5. The Morgan fingerprint density at radius 1 is 1.70 bits per heavy atom. The minimum Gasteiger partial charge on any atom is -0.463 e. The fraction of sp³-hybridized carbons (Fsp3) is 0.200. The summed E-state index contributed by atoms with van der Waals surface area (Å²) >= 11 is 0. The molecule has 1 aromatic rings. The zero-order valence-electron chi connectivity index (χ0n) is 5.12. The molecule has 0 aliphatic heterocycles. The van der Waals surface area contributed by atoms with Crippen LogP contribution in [-0.2, 0) is 4.74 Å². The Labute approximate surface area is 55.2 Å². The van der Waals surface area contributed by atoms with Crippen LogP contribution in [0.15, 0.2) is 19.9 Å². The summed E-state index contributed by atoms with van der Waals surface area (Å²) in [6.07, 6.45) is 0.897. The van der Waals surface area contributed by atoms with Crippen molar-refractivity contribution in [3.05, 3.63) is 22.6 Å². The van der Waals surface area contributed by atoms with Gasteiger partial charge in [0.2, 0.25) is 0 Å². The molecule has 10 heavy (non-hydrogen) atoms. The fourth-order valence-corrected chi connectivity index (χ4v) is 0.430. The topological polar surface area (TPSA) is 69.7 Å². The maximum atomic E-state index is 10.5. The van der Waals surface area contributed by atoms with E-state index in [1.165, 1.54) is 7.11 Å². The molecule has 1 aromatic heterocycles. The van der Waals surface area contributed by atoms with Crippen molar-refractivity contribution in [3.63, 3.8) is 0 Å². The van der Waals surface area contributed by atoms with Crippen LogP contribution in [0.4, 0.5) is 0 Å². The van der Waals surface area contributed by atoms with Gasteiger partial charge in [-0.15, -0.1) is 0 Å². The van der Waals surface area contributed by atoms with E-state index in [2.05, 4.69) is 13.6 Å². The molecular formula is C5H4O5. The van der Waals surface area contributed by atoms with Gasteiger partial charge in [0, 0.05) is 0 Å². The molecule has 0 spiro atoms. The van der Waals surface area contributed by atoms with Crippen LogP contribution in [0.3, 0.4) is 0 Å². The molecule has 0 fully saturated rings. The van der Waals surface area contributed by atoms with Crippen LogP contribution in [0.5, 0.6) is 0 Å². The van der Waals surface area contributed by atoms with Crippen molar-refractivity contribution in [3.8, 4) is 0 Å². The van der Waals surface area contributed by atoms with Gasteiger partial charge in [0.25, 0.3) is 5.76 Å². The lowest BCUT2D eigenvalue weighted by molar-refractivity contribution is 0.0563. The van der Waals surface area contributed by atoms with Crippen molar-refractivity contribution in [1.29, 1.82) is 0 Å². The van der Waals surface area contributed by atoms with E-state index in [-0.39, 0.29) is 5.76 Å². The number of carbonyl (C=O) groups is 1. The van der Waals surface area contributed by atoms with E-state index in [1.807, 2.05) is 0 Å². The number of hydrogen-bond acceptors (Lipinski definition) is 5. The minimum absolute atomic E-state index is 0.229. The van der Waals surface area contributed by atoms with Crippen LogP contribution in [-0.4, -0.2) is 13.1 Å². The van der Waals surface area contributed by atoms with E-state index < -0.39 is 11.8 Å². The predicted octanol–water partition coefficient (Wildman–Crippen LogP) is 0.0194. The van der Waals surface area contributed by atoms with E-state index in [0.29, 0.717) is 0 Å². The van der Waals surface area contributed by atoms with Crippen molar-refractivity contribution >= 4 is 5.97 Å². The average Bonchev–Trinajstić information content (AvgIpc) is 2.34. The third-order valence-electron chi connectivity index (χ3n) is 0.842. The maximum absolute atomic E-state index is 10.5. The SMILES string of the molecule is COC(=O)c1coc(=O)o1. The number of ether oxygens (including phenoxy) is 1. The van der Waals surface area contributed by atoms with Crippen molar-refractivity contribution in [2.24, 2.45) is 0 Å². The number of hydrogen-bond donors (Lipinski definition) is 0. The van der Waals surface area contributed by atoms with Crippen LogP contribution in [0.2, 0.25) is 0 Å². The summed E-state index contributed by atoms with van der Waals surface area (Å²) in [4.78, 5) is 20.7. The molecule has 0 unspecified atom stereocenters. The summed E-state index contributed by atoms with van der Waals surface area (Å²) < 4.78 is 12.6. The van der Waals surface area contributed by atoms with E-state index in [4.69, 9.17) is 0 Å². The molecule has 5 heteroatoms. The Morgan fingerprint density at radius 2 is 2.40 bits per heavy atom. The largest absolute Gasteiger partial charge is 0.519 e. The lowest BCUT2D eigenvalue weighted by Gasteiger charge is -1.87. The average molecular weight is 144 g/mol. The van der Waals surface area contributed by atoms with Crippen LogP contribution < -0.4 is 5.82 Å². The molecule has 5 nitrogen and oxygen atoms in total. The third-order valence-corrected chi connectivity index (χ3v) is 0.842. The van der Waals surface area contributed by atoms with E-state index in [1.54, 1.807) is 0 Å². The van der Waals surface area contributed by atoms with Gasteiger partial charge in [-0.1, -0.05) is 0 Å². The molecule has 0 atom stereocenters. The highest BCUT2D eigenvalue weighted by molar-refractivity contribution is 5.85. The molecule has 54 valence electrons. The van der Waals surface area contributed by atoms with E-state index >= 15 is 0 Å². The number of esters is 1. The number of carbonyl (C=O) groups excluding carboxylic acids is 1. The molecule has 0 saturated carbocycles. The first-order valence-corrected chi connectivity index (χ1v) is 2.41. The Kier molecular flexibility index (Phi) is 1.57. The first kappa shape index (κ1) is 6.60. The zero-order chi connectivity index (χ0) is 7.56. The smallest absolute Gasteiger partial charge is 0.463 e. The van der Waals surface area contributed by atoms with Gasteiger partial charge in [0.1, 0.15) is 6.26 Å². The van der Waals surface area contributed by atoms with Crippen molar-refractivity contribution in [2.45, 2.75) is 0 Å². The Balaban J connectivity index is 2.95. The highest BCUT2D eigenvalue weighted by atomic mass is 16.6. The van der Waals surface area contributed by atoms with Gasteiger partial charge in [0.05, 0.1) is 7.11 Å².